The van der Waals surface area contributed by atoms with Gasteiger partial charge < -0.3 is 10.1 Å². The first-order valence-electron chi connectivity index (χ1n) is 9.68. The van der Waals surface area contributed by atoms with Gasteiger partial charge in [0.1, 0.15) is 11.6 Å². The van der Waals surface area contributed by atoms with Crippen molar-refractivity contribution in [2.75, 3.05) is 19.0 Å². The maximum Gasteiger partial charge on any atom is 0.240 e. The molecule has 0 aliphatic rings. The van der Waals surface area contributed by atoms with Crippen molar-refractivity contribution in [3.63, 3.8) is 0 Å². The SMILES string of the molecule is CCC(CNc1nc(Cc2ccc(C)cc2)ns1)NS(=O)(=O)c1ccc(OC)cc1. The molecule has 0 bridgehead atoms. The lowest BCUT2D eigenvalue weighted by Gasteiger charge is -2.17. The Kier molecular flexibility index (Phi) is 7.41. The fourth-order valence-electron chi connectivity index (χ4n) is 2.81. The van der Waals surface area contributed by atoms with Crippen LogP contribution in [0.15, 0.2) is 53.4 Å². The van der Waals surface area contributed by atoms with E-state index in [1.54, 1.807) is 19.2 Å². The summed E-state index contributed by atoms with van der Waals surface area (Å²) in [6, 6.07) is 14.3. The van der Waals surface area contributed by atoms with E-state index in [2.05, 4.69) is 50.6 Å². The van der Waals surface area contributed by atoms with E-state index in [9.17, 15) is 8.42 Å². The number of ether oxygens (including phenoxy) is 1. The summed E-state index contributed by atoms with van der Waals surface area (Å²) >= 11 is 1.28. The highest BCUT2D eigenvalue weighted by atomic mass is 32.2. The van der Waals surface area contributed by atoms with E-state index < -0.39 is 10.0 Å². The summed E-state index contributed by atoms with van der Waals surface area (Å²) in [5, 5.41) is 3.88. The number of rotatable bonds is 10. The number of methoxy groups -OCH3 is 1. The van der Waals surface area contributed by atoms with E-state index in [4.69, 9.17) is 4.74 Å². The molecule has 0 spiro atoms. The van der Waals surface area contributed by atoms with Gasteiger partial charge in [0.25, 0.3) is 0 Å². The van der Waals surface area contributed by atoms with Crippen LogP contribution < -0.4 is 14.8 Å². The Bertz CT molecular complexity index is 1050. The van der Waals surface area contributed by atoms with Gasteiger partial charge in [-0.05, 0) is 43.2 Å². The fraction of sp³-hybridized carbons (Fsp3) is 0.333. The summed E-state index contributed by atoms with van der Waals surface area (Å²) in [4.78, 5) is 4.72. The quantitative estimate of drug-likeness (QED) is 0.494. The van der Waals surface area contributed by atoms with Gasteiger partial charge in [-0.2, -0.15) is 4.37 Å². The van der Waals surface area contributed by atoms with Gasteiger partial charge in [-0.1, -0.05) is 36.8 Å². The Labute approximate surface area is 181 Å². The van der Waals surface area contributed by atoms with Crippen molar-refractivity contribution >= 4 is 26.7 Å². The van der Waals surface area contributed by atoms with E-state index >= 15 is 0 Å². The summed E-state index contributed by atoms with van der Waals surface area (Å²) in [7, 11) is -2.08. The van der Waals surface area contributed by atoms with Gasteiger partial charge in [-0.3, -0.25) is 0 Å². The molecular weight excluding hydrogens is 420 g/mol. The molecule has 0 aliphatic carbocycles. The van der Waals surface area contributed by atoms with Gasteiger partial charge in [-0.15, -0.1) is 0 Å². The van der Waals surface area contributed by atoms with E-state index in [-0.39, 0.29) is 10.9 Å². The smallest absolute Gasteiger partial charge is 0.240 e. The number of anilines is 1. The summed E-state index contributed by atoms with van der Waals surface area (Å²) in [6.45, 7) is 4.41. The van der Waals surface area contributed by atoms with Crippen molar-refractivity contribution in [1.29, 1.82) is 0 Å². The van der Waals surface area contributed by atoms with Gasteiger partial charge in [0.2, 0.25) is 15.2 Å². The molecule has 0 fully saturated rings. The topological polar surface area (TPSA) is 93.2 Å². The molecule has 0 amide bonds. The van der Waals surface area contributed by atoms with Crippen molar-refractivity contribution in [1.82, 2.24) is 14.1 Å². The van der Waals surface area contributed by atoms with Crippen LogP contribution in [0.3, 0.4) is 0 Å². The Morgan fingerprint density at radius 2 is 1.80 bits per heavy atom. The van der Waals surface area contributed by atoms with Gasteiger partial charge >= 0.3 is 0 Å². The summed E-state index contributed by atoms with van der Waals surface area (Å²) in [5.41, 5.74) is 2.37. The molecule has 2 N–H and O–H groups in total. The molecule has 30 heavy (non-hydrogen) atoms. The minimum absolute atomic E-state index is 0.207. The van der Waals surface area contributed by atoms with Crippen LogP contribution >= 0.6 is 11.5 Å². The van der Waals surface area contributed by atoms with Crippen molar-refractivity contribution in [3.8, 4) is 5.75 Å². The van der Waals surface area contributed by atoms with Crippen LogP contribution in [-0.2, 0) is 16.4 Å². The highest BCUT2D eigenvalue weighted by Gasteiger charge is 2.19. The standard InChI is InChI=1S/C21H26N4O3S2/c1-4-17(25-30(26,27)19-11-9-18(28-3)10-12-19)14-22-21-23-20(24-29-21)13-16-7-5-15(2)6-8-16/h5-12,17,25H,4,13-14H2,1-3H3,(H,22,23,24). The number of aryl methyl sites for hydroxylation is 1. The molecule has 7 nitrogen and oxygen atoms in total. The lowest BCUT2D eigenvalue weighted by molar-refractivity contribution is 0.414. The third kappa shape index (κ3) is 6.01. The first-order chi connectivity index (χ1) is 14.4. The molecule has 0 radical (unpaired) electrons. The minimum Gasteiger partial charge on any atom is -0.497 e. The first-order valence-corrected chi connectivity index (χ1v) is 11.9. The van der Waals surface area contributed by atoms with Crippen LogP contribution in [0, 0.1) is 6.92 Å². The molecule has 1 heterocycles. The lowest BCUT2D eigenvalue weighted by atomic mass is 10.1. The van der Waals surface area contributed by atoms with Crippen LogP contribution in [0.1, 0.15) is 30.3 Å². The summed E-state index contributed by atoms with van der Waals surface area (Å²) < 4.78 is 37.5. The van der Waals surface area contributed by atoms with E-state index in [1.165, 1.54) is 29.2 Å². The second-order valence-corrected chi connectivity index (χ2v) is 9.43. The number of nitrogens with zero attached hydrogens (tertiary/aromatic N) is 2. The first kappa shape index (κ1) is 22.2. The molecule has 0 saturated carbocycles. The van der Waals surface area contributed by atoms with Crippen LogP contribution in [0.4, 0.5) is 5.13 Å². The van der Waals surface area contributed by atoms with Crippen molar-refractivity contribution in [3.05, 3.63) is 65.5 Å². The Balaban J connectivity index is 1.57. The molecule has 1 atom stereocenters. The van der Waals surface area contributed by atoms with Crippen molar-refractivity contribution < 1.29 is 13.2 Å². The molecule has 1 unspecified atom stereocenters. The molecular formula is C21H26N4O3S2. The Morgan fingerprint density at radius 3 is 2.43 bits per heavy atom. The number of nitrogens with one attached hydrogen (secondary N) is 2. The number of hydrogen-bond donors (Lipinski definition) is 2. The normalized spacial score (nSPS) is 12.5. The van der Waals surface area contributed by atoms with Crippen molar-refractivity contribution in [2.45, 2.75) is 37.6 Å². The van der Waals surface area contributed by atoms with Gasteiger partial charge in [0.05, 0.1) is 12.0 Å². The second-order valence-electron chi connectivity index (χ2n) is 6.96. The average molecular weight is 447 g/mol. The molecule has 0 saturated heterocycles. The van der Waals surface area contributed by atoms with Crippen LogP contribution in [-0.4, -0.2) is 37.5 Å². The second kappa shape index (κ2) is 10.0. The van der Waals surface area contributed by atoms with Crippen LogP contribution in [0.2, 0.25) is 0 Å². The molecule has 3 aromatic rings. The zero-order valence-corrected chi connectivity index (χ0v) is 18.9. The highest BCUT2D eigenvalue weighted by Crippen LogP contribution is 2.17. The fourth-order valence-corrected chi connectivity index (χ4v) is 4.72. The average Bonchev–Trinajstić information content (AvgIpc) is 3.20. The number of benzene rings is 2. The molecule has 1 aromatic heterocycles. The molecule has 0 aliphatic heterocycles. The number of aromatic nitrogens is 2. The Morgan fingerprint density at radius 1 is 1.10 bits per heavy atom. The van der Waals surface area contributed by atoms with E-state index in [0.717, 1.165) is 11.4 Å². The number of sulfonamides is 1. The van der Waals surface area contributed by atoms with Gasteiger partial charge in [0, 0.05) is 30.5 Å². The predicted octanol–water partition coefficient (Wildman–Crippen LogP) is 3.61. The van der Waals surface area contributed by atoms with E-state index in [0.29, 0.717) is 30.3 Å². The monoisotopic (exact) mass is 446 g/mol. The minimum atomic E-state index is -3.62. The van der Waals surface area contributed by atoms with Gasteiger partial charge in [-0.25, -0.2) is 18.1 Å². The largest absolute Gasteiger partial charge is 0.497 e. The molecule has 160 valence electrons. The zero-order valence-electron chi connectivity index (χ0n) is 17.3. The van der Waals surface area contributed by atoms with Crippen LogP contribution in [0.5, 0.6) is 5.75 Å². The zero-order chi connectivity index (χ0) is 21.6. The molecule has 3 rings (SSSR count). The van der Waals surface area contributed by atoms with Crippen LogP contribution in [0.25, 0.3) is 0 Å². The lowest BCUT2D eigenvalue weighted by Crippen LogP contribution is -2.39. The Hall–Kier alpha value is -2.49. The maximum atomic E-state index is 12.6. The van der Waals surface area contributed by atoms with E-state index in [1.807, 2.05) is 6.92 Å². The maximum absolute atomic E-state index is 12.6. The predicted molar refractivity (Wildman–Crippen MR) is 120 cm³/mol. The third-order valence-corrected chi connectivity index (χ3v) is 6.88. The molecule has 2 aromatic carbocycles. The number of hydrogen-bond acceptors (Lipinski definition) is 7. The van der Waals surface area contributed by atoms with Gasteiger partial charge in [0.15, 0.2) is 0 Å². The highest BCUT2D eigenvalue weighted by molar-refractivity contribution is 7.89. The third-order valence-electron chi connectivity index (χ3n) is 4.63. The summed E-state index contributed by atoms with van der Waals surface area (Å²) in [6.07, 6.45) is 1.30. The summed E-state index contributed by atoms with van der Waals surface area (Å²) in [5.74, 6) is 1.36. The molecule has 9 heteroatoms. The van der Waals surface area contributed by atoms with Crippen molar-refractivity contribution in [2.24, 2.45) is 0 Å².